The first kappa shape index (κ1) is 9.71. The van der Waals surface area contributed by atoms with Gasteiger partial charge in [0.1, 0.15) is 0 Å². The van der Waals surface area contributed by atoms with Crippen LogP contribution in [0.4, 0.5) is 0 Å². The van der Waals surface area contributed by atoms with Crippen LogP contribution < -0.4 is 5.73 Å². The van der Waals surface area contributed by atoms with Gasteiger partial charge in [0.15, 0.2) is 0 Å². The van der Waals surface area contributed by atoms with Gasteiger partial charge in [-0.25, -0.2) is 4.98 Å². The molecule has 1 heterocycles. The summed E-state index contributed by atoms with van der Waals surface area (Å²) < 4.78 is 2.23. The van der Waals surface area contributed by atoms with Gasteiger partial charge in [0.05, 0.1) is 6.33 Å². The molecule has 3 nitrogen and oxygen atoms in total. The highest BCUT2D eigenvalue weighted by atomic mass is 15.1. The Labute approximate surface area is 85.3 Å². The molecule has 3 heteroatoms. The minimum Gasteiger partial charge on any atom is -0.333 e. The van der Waals surface area contributed by atoms with Crippen LogP contribution in [0.15, 0.2) is 12.5 Å². The van der Waals surface area contributed by atoms with Crippen molar-refractivity contribution >= 4 is 0 Å². The van der Waals surface area contributed by atoms with E-state index in [4.69, 9.17) is 5.73 Å². The molecular formula is C11H19N3. The summed E-state index contributed by atoms with van der Waals surface area (Å²) in [6.45, 7) is 3.05. The second-order valence-electron chi connectivity index (χ2n) is 4.27. The third-order valence-corrected chi connectivity index (χ3v) is 3.22. The molecule has 1 unspecified atom stereocenters. The average Bonchev–Trinajstić information content (AvgIpc) is 2.50. The highest BCUT2D eigenvalue weighted by molar-refractivity contribution is 5.09. The van der Waals surface area contributed by atoms with Crippen molar-refractivity contribution in [3.05, 3.63) is 18.2 Å². The first-order valence-electron chi connectivity index (χ1n) is 5.57. The van der Waals surface area contributed by atoms with Gasteiger partial charge in [0.25, 0.3) is 0 Å². The molecule has 1 aliphatic carbocycles. The molecule has 0 bridgehead atoms. The first-order valence-corrected chi connectivity index (χ1v) is 5.57. The summed E-state index contributed by atoms with van der Waals surface area (Å²) in [6.07, 6.45) is 8.98. The fourth-order valence-corrected chi connectivity index (χ4v) is 1.91. The minimum absolute atomic E-state index is 0.267. The topological polar surface area (TPSA) is 43.8 Å². The van der Waals surface area contributed by atoms with E-state index in [9.17, 15) is 0 Å². The summed E-state index contributed by atoms with van der Waals surface area (Å²) in [4.78, 5) is 4.22. The smallest absolute Gasteiger partial charge is 0.0948 e. The van der Waals surface area contributed by atoms with Crippen molar-refractivity contribution in [2.45, 2.75) is 51.1 Å². The normalized spacial score (nSPS) is 19.3. The van der Waals surface area contributed by atoms with Crippen LogP contribution in [0.25, 0.3) is 0 Å². The zero-order valence-corrected chi connectivity index (χ0v) is 8.82. The molecule has 1 aromatic rings. The van der Waals surface area contributed by atoms with E-state index in [2.05, 4.69) is 16.5 Å². The molecular weight excluding hydrogens is 174 g/mol. The Bertz CT molecular complexity index is 288. The summed E-state index contributed by atoms with van der Waals surface area (Å²) >= 11 is 0. The third kappa shape index (κ3) is 1.82. The maximum atomic E-state index is 5.94. The van der Waals surface area contributed by atoms with Gasteiger partial charge in [-0.15, -0.1) is 0 Å². The van der Waals surface area contributed by atoms with Crippen molar-refractivity contribution in [3.8, 4) is 0 Å². The first-order chi connectivity index (χ1) is 6.81. The fraction of sp³-hybridized carbons (Fsp3) is 0.727. The zero-order valence-electron chi connectivity index (χ0n) is 8.82. The average molecular weight is 193 g/mol. The molecule has 78 valence electrons. The molecule has 1 fully saturated rings. The Morgan fingerprint density at radius 1 is 1.64 bits per heavy atom. The standard InChI is InChI=1S/C11H19N3/c1-2-10(12)7-14-8-13-6-11(14)9-4-3-5-9/h6,8-10H,2-5,7,12H2,1H3. The zero-order chi connectivity index (χ0) is 9.97. The Kier molecular flexibility index (Phi) is 2.87. The van der Waals surface area contributed by atoms with Crippen LogP contribution in [0.3, 0.4) is 0 Å². The minimum atomic E-state index is 0.267. The van der Waals surface area contributed by atoms with Crippen molar-refractivity contribution in [2.75, 3.05) is 0 Å². The molecule has 0 saturated heterocycles. The van der Waals surface area contributed by atoms with Crippen molar-refractivity contribution < 1.29 is 0 Å². The van der Waals surface area contributed by atoms with E-state index in [0.29, 0.717) is 0 Å². The van der Waals surface area contributed by atoms with E-state index in [1.807, 2.05) is 12.5 Å². The van der Waals surface area contributed by atoms with Gasteiger partial charge < -0.3 is 10.3 Å². The van der Waals surface area contributed by atoms with Crippen molar-refractivity contribution in [1.82, 2.24) is 9.55 Å². The maximum absolute atomic E-state index is 5.94. The van der Waals surface area contributed by atoms with Crippen LogP contribution in [0.1, 0.15) is 44.2 Å². The lowest BCUT2D eigenvalue weighted by molar-refractivity contribution is 0.389. The molecule has 1 saturated carbocycles. The van der Waals surface area contributed by atoms with E-state index >= 15 is 0 Å². The fourth-order valence-electron chi connectivity index (χ4n) is 1.91. The molecule has 0 amide bonds. The molecule has 14 heavy (non-hydrogen) atoms. The molecule has 1 aromatic heterocycles. The molecule has 2 rings (SSSR count). The van der Waals surface area contributed by atoms with Gasteiger partial charge in [-0.05, 0) is 19.3 Å². The lowest BCUT2D eigenvalue weighted by Crippen LogP contribution is -2.26. The number of hydrogen-bond acceptors (Lipinski definition) is 2. The number of nitrogens with zero attached hydrogens (tertiary/aromatic N) is 2. The van der Waals surface area contributed by atoms with Gasteiger partial charge in [-0.3, -0.25) is 0 Å². The van der Waals surface area contributed by atoms with E-state index in [-0.39, 0.29) is 6.04 Å². The predicted molar refractivity (Wildman–Crippen MR) is 57.1 cm³/mol. The van der Waals surface area contributed by atoms with Gasteiger partial charge in [-0.1, -0.05) is 13.3 Å². The molecule has 0 aromatic carbocycles. The van der Waals surface area contributed by atoms with E-state index in [1.165, 1.54) is 25.0 Å². The highest BCUT2D eigenvalue weighted by Crippen LogP contribution is 2.35. The van der Waals surface area contributed by atoms with Gasteiger partial charge in [0.2, 0.25) is 0 Å². The second-order valence-corrected chi connectivity index (χ2v) is 4.27. The van der Waals surface area contributed by atoms with Crippen LogP contribution >= 0.6 is 0 Å². The molecule has 0 radical (unpaired) electrons. The van der Waals surface area contributed by atoms with Crippen molar-refractivity contribution in [1.29, 1.82) is 0 Å². The Morgan fingerprint density at radius 3 is 3.00 bits per heavy atom. The Morgan fingerprint density at radius 2 is 2.43 bits per heavy atom. The third-order valence-electron chi connectivity index (χ3n) is 3.22. The maximum Gasteiger partial charge on any atom is 0.0948 e. The SMILES string of the molecule is CCC(N)Cn1cncc1C1CCC1. The number of rotatable bonds is 4. The number of hydrogen-bond donors (Lipinski definition) is 1. The molecule has 0 aliphatic heterocycles. The summed E-state index contributed by atoms with van der Waals surface area (Å²) in [6, 6.07) is 0.267. The molecule has 0 spiro atoms. The quantitative estimate of drug-likeness (QED) is 0.793. The Balaban J connectivity index is 2.05. The van der Waals surface area contributed by atoms with Crippen LogP contribution in [-0.4, -0.2) is 15.6 Å². The lowest BCUT2D eigenvalue weighted by Gasteiger charge is -2.27. The highest BCUT2D eigenvalue weighted by Gasteiger charge is 2.22. The summed E-state index contributed by atoms with van der Waals surface area (Å²) in [5.41, 5.74) is 7.33. The Hall–Kier alpha value is -0.830. The van der Waals surface area contributed by atoms with Crippen LogP contribution in [0, 0.1) is 0 Å². The van der Waals surface area contributed by atoms with Gasteiger partial charge in [-0.2, -0.15) is 0 Å². The van der Waals surface area contributed by atoms with E-state index < -0.39 is 0 Å². The van der Waals surface area contributed by atoms with Crippen molar-refractivity contribution in [3.63, 3.8) is 0 Å². The van der Waals surface area contributed by atoms with E-state index in [0.717, 1.165) is 18.9 Å². The number of imidazole rings is 1. The van der Waals surface area contributed by atoms with E-state index in [1.54, 1.807) is 0 Å². The van der Waals surface area contributed by atoms with Crippen LogP contribution in [-0.2, 0) is 6.54 Å². The second kappa shape index (κ2) is 4.13. The predicted octanol–water partition coefficient (Wildman–Crippen LogP) is 1.89. The summed E-state index contributed by atoms with van der Waals surface area (Å²) in [5, 5.41) is 0. The van der Waals surface area contributed by atoms with Crippen molar-refractivity contribution in [2.24, 2.45) is 5.73 Å². The number of nitrogens with two attached hydrogens (primary N) is 1. The summed E-state index contributed by atoms with van der Waals surface area (Å²) in [7, 11) is 0. The molecule has 2 N–H and O–H groups in total. The largest absolute Gasteiger partial charge is 0.333 e. The number of aromatic nitrogens is 2. The molecule has 1 atom stereocenters. The van der Waals surface area contributed by atoms with Gasteiger partial charge in [0, 0.05) is 30.4 Å². The monoisotopic (exact) mass is 193 g/mol. The van der Waals surface area contributed by atoms with Crippen LogP contribution in [0.5, 0.6) is 0 Å². The summed E-state index contributed by atoms with van der Waals surface area (Å²) in [5.74, 6) is 0.751. The van der Waals surface area contributed by atoms with Crippen LogP contribution in [0.2, 0.25) is 0 Å². The van der Waals surface area contributed by atoms with Gasteiger partial charge >= 0.3 is 0 Å². The lowest BCUT2D eigenvalue weighted by atomic mass is 9.83. The molecule has 1 aliphatic rings.